The molecular weight excluding hydrogens is 450 g/mol. The molecule has 0 saturated carbocycles. The Morgan fingerprint density at radius 2 is 1.88 bits per heavy atom. The zero-order chi connectivity index (χ0) is 23.1. The third-order valence-corrected chi connectivity index (χ3v) is 6.20. The molecule has 1 heterocycles. The van der Waals surface area contributed by atoms with Crippen LogP contribution in [0.15, 0.2) is 47.6 Å². The molecule has 1 aromatic heterocycles. The molecule has 168 valence electrons. The largest absolute Gasteiger partial charge is 0.497 e. The second-order valence-corrected chi connectivity index (χ2v) is 8.36. The molecule has 0 radical (unpaired) electrons. The first kappa shape index (κ1) is 23.6. The van der Waals surface area contributed by atoms with Gasteiger partial charge < -0.3 is 19.9 Å². The third-order valence-electron chi connectivity index (χ3n) is 4.77. The SMILES string of the molecule is COc1ccc(CC(=O)NCc2nnc(SCC(=O)Nc3cccc(Cl)c3C)n2C)cc1. The Hall–Kier alpha value is -3.04. The van der Waals surface area contributed by atoms with Crippen molar-refractivity contribution in [3.8, 4) is 5.75 Å². The van der Waals surface area contributed by atoms with Crippen LogP contribution in [0.25, 0.3) is 0 Å². The lowest BCUT2D eigenvalue weighted by Crippen LogP contribution is -2.26. The van der Waals surface area contributed by atoms with Crippen LogP contribution in [0.1, 0.15) is 17.0 Å². The topological polar surface area (TPSA) is 98.1 Å². The zero-order valence-corrected chi connectivity index (χ0v) is 19.6. The van der Waals surface area contributed by atoms with Crippen molar-refractivity contribution in [2.75, 3.05) is 18.2 Å². The van der Waals surface area contributed by atoms with Crippen molar-refractivity contribution in [2.45, 2.75) is 25.0 Å². The Bertz CT molecular complexity index is 1100. The van der Waals surface area contributed by atoms with E-state index < -0.39 is 0 Å². The number of ether oxygens (including phenoxy) is 1. The number of thioether (sulfide) groups is 1. The maximum atomic E-state index is 12.3. The molecule has 0 bridgehead atoms. The van der Waals surface area contributed by atoms with Gasteiger partial charge in [-0.2, -0.15) is 0 Å². The van der Waals surface area contributed by atoms with Gasteiger partial charge in [0, 0.05) is 17.8 Å². The average molecular weight is 474 g/mol. The first-order valence-corrected chi connectivity index (χ1v) is 11.2. The van der Waals surface area contributed by atoms with Crippen LogP contribution in [-0.4, -0.2) is 39.4 Å². The summed E-state index contributed by atoms with van der Waals surface area (Å²) in [5, 5.41) is 15.1. The van der Waals surface area contributed by atoms with Crippen LogP contribution >= 0.6 is 23.4 Å². The highest BCUT2D eigenvalue weighted by atomic mass is 35.5. The molecule has 8 nitrogen and oxygen atoms in total. The molecule has 0 atom stereocenters. The minimum Gasteiger partial charge on any atom is -0.497 e. The number of nitrogens with zero attached hydrogens (tertiary/aromatic N) is 3. The number of carbonyl (C=O) groups is 2. The van der Waals surface area contributed by atoms with Gasteiger partial charge in [0.1, 0.15) is 5.75 Å². The molecule has 0 aliphatic heterocycles. The van der Waals surface area contributed by atoms with Gasteiger partial charge in [-0.25, -0.2) is 0 Å². The van der Waals surface area contributed by atoms with Crippen molar-refractivity contribution in [1.82, 2.24) is 20.1 Å². The van der Waals surface area contributed by atoms with Gasteiger partial charge >= 0.3 is 0 Å². The molecule has 3 rings (SSSR count). The molecule has 10 heteroatoms. The molecule has 0 aliphatic rings. The summed E-state index contributed by atoms with van der Waals surface area (Å²) >= 11 is 7.36. The third kappa shape index (κ3) is 6.24. The van der Waals surface area contributed by atoms with Crippen molar-refractivity contribution in [2.24, 2.45) is 7.05 Å². The van der Waals surface area contributed by atoms with E-state index in [-0.39, 0.29) is 30.5 Å². The van der Waals surface area contributed by atoms with Crippen molar-refractivity contribution in [3.63, 3.8) is 0 Å². The number of aromatic nitrogens is 3. The lowest BCUT2D eigenvalue weighted by atomic mass is 10.1. The van der Waals surface area contributed by atoms with E-state index in [1.165, 1.54) is 11.8 Å². The number of carbonyl (C=O) groups excluding carboxylic acids is 2. The summed E-state index contributed by atoms with van der Waals surface area (Å²) in [6.45, 7) is 2.09. The Labute approximate surface area is 195 Å². The Morgan fingerprint density at radius 3 is 2.59 bits per heavy atom. The monoisotopic (exact) mass is 473 g/mol. The lowest BCUT2D eigenvalue weighted by molar-refractivity contribution is -0.120. The average Bonchev–Trinajstić information content (AvgIpc) is 3.14. The number of anilines is 1. The number of hydrogen-bond acceptors (Lipinski definition) is 6. The van der Waals surface area contributed by atoms with Crippen molar-refractivity contribution >= 4 is 40.9 Å². The number of benzene rings is 2. The minimum absolute atomic E-state index is 0.122. The highest BCUT2D eigenvalue weighted by Crippen LogP contribution is 2.23. The van der Waals surface area contributed by atoms with Crippen LogP contribution < -0.4 is 15.4 Å². The quantitative estimate of drug-likeness (QED) is 0.462. The standard InChI is InChI=1S/C22H24ClN5O3S/c1-14-17(23)5-4-6-18(14)25-21(30)13-32-22-27-26-19(28(22)2)12-24-20(29)11-15-7-9-16(31-3)10-8-15/h4-10H,11-13H2,1-3H3,(H,24,29)(H,25,30). The van der Waals surface area contributed by atoms with E-state index in [0.717, 1.165) is 16.9 Å². The van der Waals surface area contributed by atoms with Crippen LogP contribution in [-0.2, 0) is 29.6 Å². The number of halogens is 1. The maximum Gasteiger partial charge on any atom is 0.234 e. The van der Waals surface area contributed by atoms with Crippen LogP contribution in [0.5, 0.6) is 5.75 Å². The molecule has 32 heavy (non-hydrogen) atoms. The van der Waals surface area contributed by atoms with Gasteiger partial charge in [-0.15, -0.1) is 10.2 Å². The van der Waals surface area contributed by atoms with Crippen molar-refractivity contribution in [1.29, 1.82) is 0 Å². The summed E-state index contributed by atoms with van der Waals surface area (Å²) in [5.41, 5.74) is 2.39. The predicted octanol–water partition coefficient (Wildman–Crippen LogP) is 3.38. The smallest absolute Gasteiger partial charge is 0.234 e. The van der Waals surface area contributed by atoms with Crippen LogP contribution in [0.3, 0.4) is 0 Å². The second kappa shape index (κ2) is 11.0. The van der Waals surface area contributed by atoms with Gasteiger partial charge in [0.2, 0.25) is 11.8 Å². The van der Waals surface area contributed by atoms with Crippen LogP contribution in [0, 0.1) is 6.92 Å². The highest BCUT2D eigenvalue weighted by molar-refractivity contribution is 7.99. The maximum absolute atomic E-state index is 12.3. The molecule has 2 amide bonds. The summed E-state index contributed by atoms with van der Waals surface area (Å²) in [5.74, 6) is 1.22. The Kier molecular flexibility index (Phi) is 8.13. The Morgan fingerprint density at radius 1 is 1.12 bits per heavy atom. The zero-order valence-electron chi connectivity index (χ0n) is 18.0. The molecule has 3 aromatic rings. The molecule has 0 aliphatic carbocycles. The van der Waals surface area contributed by atoms with Crippen molar-refractivity contribution in [3.05, 3.63) is 64.4 Å². The van der Waals surface area contributed by atoms with E-state index in [9.17, 15) is 9.59 Å². The van der Waals surface area contributed by atoms with E-state index in [1.807, 2.05) is 31.2 Å². The van der Waals surface area contributed by atoms with Gasteiger partial charge in [0.25, 0.3) is 0 Å². The number of hydrogen-bond donors (Lipinski definition) is 2. The van der Waals surface area contributed by atoms with E-state index in [1.54, 1.807) is 36.9 Å². The van der Waals surface area contributed by atoms with E-state index in [0.29, 0.717) is 21.7 Å². The summed E-state index contributed by atoms with van der Waals surface area (Å²) in [7, 11) is 3.40. The predicted molar refractivity (Wildman–Crippen MR) is 125 cm³/mol. The summed E-state index contributed by atoms with van der Waals surface area (Å²) in [4.78, 5) is 24.5. The van der Waals surface area contributed by atoms with Gasteiger partial charge in [-0.05, 0) is 42.3 Å². The van der Waals surface area contributed by atoms with Gasteiger partial charge in [-0.3, -0.25) is 9.59 Å². The first-order chi connectivity index (χ1) is 15.4. The van der Waals surface area contributed by atoms with Crippen LogP contribution in [0.2, 0.25) is 5.02 Å². The molecule has 2 N–H and O–H groups in total. The molecule has 0 fully saturated rings. The van der Waals surface area contributed by atoms with Gasteiger partial charge in [0.05, 0.1) is 25.8 Å². The lowest BCUT2D eigenvalue weighted by Gasteiger charge is -2.09. The van der Waals surface area contributed by atoms with Crippen molar-refractivity contribution < 1.29 is 14.3 Å². The molecule has 0 unspecified atom stereocenters. The molecule has 2 aromatic carbocycles. The number of nitrogens with one attached hydrogen (secondary N) is 2. The Balaban J connectivity index is 1.48. The van der Waals surface area contributed by atoms with E-state index >= 15 is 0 Å². The fraction of sp³-hybridized carbons (Fsp3) is 0.273. The summed E-state index contributed by atoms with van der Waals surface area (Å²) in [6, 6.07) is 12.7. The van der Waals surface area contributed by atoms with Gasteiger partial charge in [-0.1, -0.05) is 41.6 Å². The van der Waals surface area contributed by atoms with Crippen LogP contribution in [0.4, 0.5) is 5.69 Å². The fourth-order valence-electron chi connectivity index (χ4n) is 2.85. The highest BCUT2D eigenvalue weighted by Gasteiger charge is 2.13. The number of amides is 2. The first-order valence-electron chi connectivity index (χ1n) is 9.83. The van der Waals surface area contributed by atoms with Gasteiger partial charge in [0.15, 0.2) is 11.0 Å². The fourth-order valence-corrected chi connectivity index (χ4v) is 3.76. The number of rotatable bonds is 9. The molecular formula is C22H24ClN5O3S. The molecule has 0 spiro atoms. The normalized spacial score (nSPS) is 10.6. The second-order valence-electron chi connectivity index (χ2n) is 7.01. The minimum atomic E-state index is -0.169. The summed E-state index contributed by atoms with van der Waals surface area (Å²) in [6.07, 6.45) is 0.256. The molecule has 0 saturated heterocycles. The number of methoxy groups -OCH3 is 1. The van der Waals surface area contributed by atoms with E-state index in [4.69, 9.17) is 16.3 Å². The summed E-state index contributed by atoms with van der Waals surface area (Å²) < 4.78 is 6.88. The van der Waals surface area contributed by atoms with E-state index in [2.05, 4.69) is 20.8 Å².